The highest BCUT2D eigenvalue weighted by Crippen LogP contribution is 2.46. The molecular weight excluding hydrogens is 398 g/mol. The molecule has 2 N–H and O–H groups in total. The Morgan fingerprint density at radius 3 is 2.31 bits per heavy atom. The third-order valence-electron chi connectivity index (χ3n) is 7.51. The van der Waals surface area contributed by atoms with Crippen LogP contribution in [0.5, 0.6) is 0 Å². The van der Waals surface area contributed by atoms with Crippen molar-refractivity contribution in [2.45, 2.75) is 63.9 Å². The summed E-state index contributed by atoms with van der Waals surface area (Å²) in [6.45, 7) is 13.7. The fourth-order valence-corrected chi connectivity index (χ4v) is 5.21. The van der Waals surface area contributed by atoms with Crippen LogP contribution < -0.4 is 4.90 Å². The van der Waals surface area contributed by atoms with Crippen LogP contribution in [-0.4, -0.2) is 65.5 Å². The van der Waals surface area contributed by atoms with Crippen molar-refractivity contribution in [1.82, 2.24) is 9.88 Å². The van der Waals surface area contributed by atoms with Gasteiger partial charge in [0.2, 0.25) is 0 Å². The van der Waals surface area contributed by atoms with Gasteiger partial charge in [0.25, 0.3) is 0 Å². The van der Waals surface area contributed by atoms with E-state index in [-0.39, 0.29) is 17.4 Å². The molecule has 0 bridgehead atoms. The molecule has 1 fully saturated rings. The van der Waals surface area contributed by atoms with Crippen LogP contribution in [0.15, 0.2) is 36.4 Å². The first-order valence-electron chi connectivity index (χ1n) is 12.1. The van der Waals surface area contributed by atoms with Crippen LogP contribution in [0, 0.1) is 0 Å². The monoisotopic (exact) mass is 437 g/mol. The number of hydrogen-bond donors (Lipinski definition) is 2. The molecule has 2 heterocycles. The highest BCUT2D eigenvalue weighted by atomic mass is 16.3. The quantitative estimate of drug-likeness (QED) is 0.716. The Morgan fingerprint density at radius 1 is 0.938 bits per heavy atom. The maximum absolute atomic E-state index is 9.97. The van der Waals surface area contributed by atoms with Gasteiger partial charge in [0.1, 0.15) is 5.82 Å². The first-order chi connectivity index (χ1) is 15.2. The Labute approximate surface area is 193 Å². The number of aliphatic hydroxyl groups excluding tert-OH is 2. The van der Waals surface area contributed by atoms with Gasteiger partial charge in [0.15, 0.2) is 0 Å². The van der Waals surface area contributed by atoms with Crippen LogP contribution in [0.3, 0.4) is 0 Å². The lowest BCUT2D eigenvalue weighted by Gasteiger charge is -2.42. The third-order valence-corrected chi connectivity index (χ3v) is 7.51. The Balaban J connectivity index is 1.51. The van der Waals surface area contributed by atoms with E-state index in [1.54, 1.807) is 0 Å². The van der Waals surface area contributed by atoms with Gasteiger partial charge in [-0.15, -0.1) is 0 Å². The number of piperazine rings is 1. The van der Waals surface area contributed by atoms with Crippen molar-refractivity contribution in [3.63, 3.8) is 0 Å². The normalized spacial score (nSPS) is 21.2. The van der Waals surface area contributed by atoms with Crippen LogP contribution in [0.1, 0.15) is 58.1 Å². The summed E-state index contributed by atoms with van der Waals surface area (Å²) in [7, 11) is 0. The minimum absolute atomic E-state index is 0.0369. The maximum Gasteiger partial charge on any atom is 0.129 e. The van der Waals surface area contributed by atoms with Crippen molar-refractivity contribution in [3.8, 4) is 11.3 Å². The van der Waals surface area contributed by atoms with Gasteiger partial charge in [0.05, 0.1) is 11.8 Å². The zero-order valence-electron chi connectivity index (χ0n) is 20.1. The zero-order valence-corrected chi connectivity index (χ0v) is 20.1. The Kier molecular flexibility index (Phi) is 6.62. The first-order valence-corrected chi connectivity index (χ1v) is 12.1. The summed E-state index contributed by atoms with van der Waals surface area (Å²) in [6, 6.07) is 13.3. The molecule has 1 atom stereocenters. The second kappa shape index (κ2) is 9.12. The van der Waals surface area contributed by atoms with E-state index in [0.717, 1.165) is 37.7 Å². The molecule has 5 heteroatoms. The number of nitrogens with zero attached hydrogens (tertiary/aromatic N) is 3. The maximum atomic E-state index is 9.97. The van der Waals surface area contributed by atoms with Crippen LogP contribution in [0.2, 0.25) is 0 Å². The molecule has 1 aliphatic carbocycles. The van der Waals surface area contributed by atoms with E-state index >= 15 is 0 Å². The zero-order chi connectivity index (χ0) is 22.9. The summed E-state index contributed by atoms with van der Waals surface area (Å²) >= 11 is 0. The van der Waals surface area contributed by atoms with Crippen LogP contribution in [-0.2, 0) is 10.8 Å². The van der Waals surface area contributed by atoms with E-state index in [9.17, 15) is 5.11 Å². The average molecular weight is 438 g/mol. The van der Waals surface area contributed by atoms with Crippen LogP contribution >= 0.6 is 0 Å². The molecule has 0 spiro atoms. The average Bonchev–Trinajstić information content (AvgIpc) is 2.77. The number of benzene rings is 1. The number of anilines is 1. The second-order valence-electron chi connectivity index (χ2n) is 10.9. The Hall–Kier alpha value is -1.95. The molecule has 4 rings (SSSR count). The summed E-state index contributed by atoms with van der Waals surface area (Å²) < 4.78 is 0. The van der Waals surface area contributed by atoms with Crippen LogP contribution in [0.25, 0.3) is 11.3 Å². The second-order valence-corrected chi connectivity index (χ2v) is 10.9. The van der Waals surface area contributed by atoms with Gasteiger partial charge >= 0.3 is 0 Å². The van der Waals surface area contributed by atoms with Gasteiger partial charge in [-0.1, -0.05) is 45.9 Å². The van der Waals surface area contributed by atoms with E-state index in [0.29, 0.717) is 13.0 Å². The molecule has 174 valence electrons. The molecule has 1 aromatic heterocycles. The summed E-state index contributed by atoms with van der Waals surface area (Å²) in [4.78, 5) is 9.65. The molecule has 0 unspecified atom stereocenters. The highest BCUT2D eigenvalue weighted by Gasteiger charge is 2.37. The lowest BCUT2D eigenvalue weighted by Crippen LogP contribution is -2.48. The molecular formula is C27H39N3O2. The van der Waals surface area contributed by atoms with Crippen molar-refractivity contribution in [2.75, 3.05) is 44.2 Å². The van der Waals surface area contributed by atoms with Crippen molar-refractivity contribution in [3.05, 3.63) is 47.5 Å². The van der Waals surface area contributed by atoms with Gasteiger partial charge in [0, 0.05) is 44.9 Å². The lowest BCUT2D eigenvalue weighted by molar-refractivity contribution is 0.0851. The van der Waals surface area contributed by atoms with Gasteiger partial charge in [-0.3, -0.25) is 4.90 Å². The summed E-state index contributed by atoms with van der Waals surface area (Å²) in [5.74, 6) is 1.02. The summed E-state index contributed by atoms with van der Waals surface area (Å²) in [5.41, 5.74) is 5.59. The minimum Gasteiger partial charge on any atom is -0.396 e. The third kappa shape index (κ3) is 4.85. The molecule has 1 aliphatic heterocycles. The molecule has 0 saturated carbocycles. The number of β-amino-alcohol motifs (C(OH)–C–C–N with tert-alkyl or cyclic N) is 1. The molecule has 1 saturated heterocycles. The highest BCUT2D eigenvalue weighted by molar-refractivity contribution is 5.65. The topological polar surface area (TPSA) is 59.8 Å². The fourth-order valence-electron chi connectivity index (χ4n) is 5.21. The number of aliphatic hydroxyl groups is 2. The Morgan fingerprint density at radius 2 is 1.62 bits per heavy atom. The number of pyridine rings is 1. The van der Waals surface area contributed by atoms with E-state index < -0.39 is 6.10 Å². The van der Waals surface area contributed by atoms with Crippen molar-refractivity contribution < 1.29 is 10.2 Å². The smallest absolute Gasteiger partial charge is 0.129 e. The van der Waals surface area contributed by atoms with Gasteiger partial charge in [-0.25, -0.2) is 4.98 Å². The van der Waals surface area contributed by atoms with E-state index in [2.05, 4.69) is 73.9 Å². The lowest BCUT2D eigenvalue weighted by atomic mass is 9.63. The van der Waals surface area contributed by atoms with Gasteiger partial charge < -0.3 is 15.1 Å². The number of rotatable bonds is 6. The van der Waals surface area contributed by atoms with E-state index in [1.807, 2.05) is 0 Å². The predicted octanol–water partition coefficient (Wildman–Crippen LogP) is 3.96. The van der Waals surface area contributed by atoms with Gasteiger partial charge in [-0.2, -0.15) is 0 Å². The molecule has 0 amide bonds. The van der Waals surface area contributed by atoms with E-state index in [1.165, 1.54) is 29.5 Å². The van der Waals surface area contributed by atoms with Crippen molar-refractivity contribution in [1.29, 1.82) is 0 Å². The molecule has 32 heavy (non-hydrogen) atoms. The van der Waals surface area contributed by atoms with Gasteiger partial charge in [-0.05, 0) is 59.4 Å². The summed E-state index contributed by atoms with van der Waals surface area (Å²) in [6.07, 6.45) is 2.43. The fraction of sp³-hybridized carbons (Fsp3) is 0.593. The molecule has 1 aromatic carbocycles. The van der Waals surface area contributed by atoms with Crippen molar-refractivity contribution in [2.24, 2.45) is 0 Å². The largest absolute Gasteiger partial charge is 0.396 e. The number of fused-ring (bicyclic) bond motifs is 1. The summed E-state index contributed by atoms with van der Waals surface area (Å²) in [5, 5.41) is 19.0. The van der Waals surface area contributed by atoms with Crippen molar-refractivity contribution >= 4 is 5.82 Å². The molecule has 0 radical (unpaired) electrons. The van der Waals surface area contributed by atoms with E-state index in [4.69, 9.17) is 10.1 Å². The molecule has 5 nitrogen and oxygen atoms in total. The first kappa shape index (κ1) is 23.2. The Bertz CT molecular complexity index is 932. The predicted molar refractivity (Wildman–Crippen MR) is 131 cm³/mol. The SMILES string of the molecule is CC1(C)CCC(C)(C)c2cc(-c3cccc(N4CCN(C[C@H](O)CCO)CC4)n3)ccc21. The standard InChI is InChI=1S/C27H39N3O2/c1-26(2)11-12-27(3,4)23-18-20(8-9-22(23)26)24-6-5-7-25(28-24)30-15-13-29(14-16-30)19-21(32)10-17-31/h5-9,18,21,31-32H,10-17,19H2,1-4H3/t21-/m1/s1. The van der Waals surface area contributed by atoms with Crippen LogP contribution in [0.4, 0.5) is 5.82 Å². The molecule has 2 aliphatic rings. The molecule has 2 aromatic rings. The number of aromatic nitrogens is 1. The minimum atomic E-state index is -0.453. The number of hydrogen-bond acceptors (Lipinski definition) is 5.